The largest absolute Gasteiger partial charge is 0.398 e. The van der Waals surface area contributed by atoms with Crippen molar-refractivity contribution in [1.82, 2.24) is 0 Å². The molecule has 0 heterocycles. The smallest absolute Gasteiger partial charge is 0.193 e. The van der Waals surface area contributed by atoms with E-state index in [-0.39, 0.29) is 0 Å². The fraction of sp³-hybridized carbons (Fsp3) is 0.182. The van der Waals surface area contributed by atoms with E-state index >= 15 is 0 Å². The number of anilines is 1. The summed E-state index contributed by atoms with van der Waals surface area (Å²) < 4.78 is 0. The molecule has 2 heteroatoms. The number of rotatable bonds is 0. The van der Waals surface area contributed by atoms with Crippen LogP contribution in [0, 0.1) is 25.7 Å². The molecule has 0 atom stereocenters. The molecule has 1 aromatic carbocycles. The topological polar surface area (TPSA) is 43.1 Å². The Balaban J connectivity index is 3.28. The molecule has 0 aromatic heterocycles. The van der Waals surface area contributed by atoms with E-state index in [1.165, 1.54) is 0 Å². The standard InChI is InChI=1S/C11H11NO/c1-8-6-9(2)11(12)10(7-8)4-3-5-13/h5-7H,12H2,1-2H3. The lowest BCUT2D eigenvalue weighted by atomic mass is 10.0. The van der Waals surface area contributed by atoms with Gasteiger partial charge in [-0.3, -0.25) is 4.79 Å². The average Bonchev–Trinajstić information content (AvgIpc) is 2.09. The van der Waals surface area contributed by atoms with E-state index in [2.05, 4.69) is 11.8 Å². The molecule has 0 bridgehead atoms. The van der Waals surface area contributed by atoms with Crippen LogP contribution in [0.1, 0.15) is 16.7 Å². The summed E-state index contributed by atoms with van der Waals surface area (Å²) in [6.45, 7) is 3.90. The van der Waals surface area contributed by atoms with Crippen LogP contribution in [-0.2, 0) is 4.79 Å². The molecule has 0 aliphatic carbocycles. The van der Waals surface area contributed by atoms with Gasteiger partial charge < -0.3 is 5.73 Å². The summed E-state index contributed by atoms with van der Waals surface area (Å²) in [5, 5.41) is 0. The SMILES string of the molecule is Cc1cc(C)c(N)c(C#CC=O)c1. The zero-order valence-electron chi connectivity index (χ0n) is 7.72. The monoisotopic (exact) mass is 173 g/mol. The van der Waals surface area contributed by atoms with Gasteiger partial charge in [0.2, 0.25) is 0 Å². The van der Waals surface area contributed by atoms with Gasteiger partial charge in [0.1, 0.15) is 0 Å². The van der Waals surface area contributed by atoms with Crippen molar-refractivity contribution in [3.05, 3.63) is 28.8 Å². The highest BCUT2D eigenvalue weighted by molar-refractivity contribution is 5.75. The summed E-state index contributed by atoms with van der Waals surface area (Å²) in [5.74, 6) is 5.05. The molecule has 0 aliphatic heterocycles. The molecule has 0 unspecified atom stereocenters. The van der Waals surface area contributed by atoms with Gasteiger partial charge >= 0.3 is 0 Å². The molecular weight excluding hydrogens is 162 g/mol. The normalized spacial score (nSPS) is 8.77. The lowest BCUT2D eigenvalue weighted by Gasteiger charge is -2.04. The number of nitrogens with two attached hydrogens (primary N) is 1. The van der Waals surface area contributed by atoms with E-state index in [9.17, 15) is 4.79 Å². The fourth-order valence-electron chi connectivity index (χ4n) is 1.19. The Morgan fingerprint density at radius 3 is 2.69 bits per heavy atom. The molecule has 13 heavy (non-hydrogen) atoms. The van der Waals surface area contributed by atoms with Crippen molar-refractivity contribution in [1.29, 1.82) is 0 Å². The number of hydrogen-bond donors (Lipinski definition) is 1. The number of carbonyl (C=O) groups excluding carboxylic acids is 1. The van der Waals surface area contributed by atoms with Crippen LogP contribution in [0.2, 0.25) is 0 Å². The second kappa shape index (κ2) is 3.77. The molecule has 2 nitrogen and oxygen atoms in total. The van der Waals surface area contributed by atoms with E-state index < -0.39 is 0 Å². The molecule has 0 fully saturated rings. The van der Waals surface area contributed by atoms with E-state index in [0.717, 1.165) is 16.7 Å². The number of carbonyl (C=O) groups is 1. The molecule has 0 radical (unpaired) electrons. The van der Waals surface area contributed by atoms with Crippen molar-refractivity contribution in [2.24, 2.45) is 0 Å². The Hall–Kier alpha value is -1.75. The Kier molecular flexibility index (Phi) is 2.71. The van der Waals surface area contributed by atoms with Gasteiger partial charge in [0.15, 0.2) is 6.29 Å². The van der Waals surface area contributed by atoms with Crippen LogP contribution in [-0.4, -0.2) is 6.29 Å². The Labute approximate surface area is 77.8 Å². The van der Waals surface area contributed by atoms with Gasteiger partial charge in [-0.2, -0.15) is 0 Å². The van der Waals surface area contributed by atoms with Gasteiger partial charge in [-0.05, 0) is 37.0 Å². The number of aryl methyl sites for hydroxylation is 2. The summed E-state index contributed by atoms with van der Waals surface area (Å²) in [7, 11) is 0. The van der Waals surface area contributed by atoms with Crippen LogP contribution in [0.5, 0.6) is 0 Å². The quantitative estimate of drug-likeness (QED) is 0.366. The van der Waals surface area contributed by atoms with Crippen molar-refractivity contribution in [2.45, 2.75) is 13.8 Å². The number of nitrogen functional groups attached to an aromatic ring is 1. The minimum atomic E-state index is 0.567. The van der Waals surface area contributed by atoms with Crippen molar-refractivity contribution in [3.8, 4) is 11.8 Å². The van der Waals surface area contributed by atoms with Crippen molar-refractivity contribution in [2.75, 3.05) is 5.73 Å². The maximum atomic E-state index is 10.0. The maximum absolute atomic E-state index is 10.0. The zero-order valence-corrected chi connectivity index (χ0v) is 7.72. The highest BCUT2D eigenvalue weighted by Crippen LogP contribution is 2.17. The van der Waals surface area contributed by atoms with Gasteiger partial charge in [0.05, 0.1) is 5.69 Å². The minimum absolute atomic E-state index is 0.567. The van der Waals surface area contributed by atoms with E-state index in [4.69, 9.17) is 5.73 Å². The first kappa shape index (κ1) is 9.34. The van der Waals surface area contributed by atoms with Crippen LogP contribution in [0.25, 0.3) is 0 Å². The lowest BCUT2D eigenvalue weighted by Crippen LogP contribution is -1.95. The van der Waals surface area contributed by atoms with E-state index in [1.54, 1.807) is 0 Å². The summed E-state index contributed by atoms with van der Waals surface area (Å²) in [6, 6.07) is 3.86. The summed E-state index contributed by atoms with van der Waals surface area (Å²) >= 11 is 0. The molecule has 66 valence electrons. The predicted molar refractivity (Wildman–Crippen MR) is 53.3 cm³/mol. The lowest BCUT2D eigenvalue weighted by molar-refractivity contribution is -0.103. The third-order valence-electron chi connectivity index (χ3n) is 1.80. The molecular formula is C11H11NO. The number of aldehydes is 1. The molecule has 0 saturated heterocycles. The molecule has 0 aliphatic rings. The van der Waals surface area contributed by atoms with Crippen LogP contribution in [0.4, 0.5) is 5.69 Å². The van der Waals surface area contributed by atoms with E-state index in [0.29, 0.717) is 12.0 Å². The highest BCUT2D eigenvalue weighted by atomic mass is 16.1. The Morgan fingerprint density at radius 2 is 2.08 bits per heavy atom. The van der Waals surface area contributed by atoms with Gasteiger partial charge in [0, 0.05) is 5.56 Å². The Bertz CT molecular complexity index is 397. The Morgan fingerprint density at radius 1 is 1.38 bits per heavy atom. The summed E-state index contributed by atoms with van der Waals surface area (Å²) in [6.07, 6.45) is 0.567. The fourth-order valence-corrected chi connectivity index (χ4v) is 1.19. The first-order valence-corrected chi connectivity index (χ1v) is 3.97. The maximum Gasteiger partial charge on any atom is 0.193 e. The minimum Gasteiger partial charge on any atom is -0.398 e. The number of hydrogen-bond acceptors (Lipinski definition) is 2. The third kappa shape index (κ3) is 2.09. The number of benzene rings is 1. The second-order valence-electron chi connectivity index (χ2n) is 2.93. The van der Waals surface area contributed by atoms with Crippen molar-refractivity contribution in [3.63, 3.8) is 0 Å². The van der Waals surface area contributed by atoms with Gasteiger partial charge in [-0.15, -0.1) is 0 Å². The van der Waals surface area contributed by atoms with Crippen molar-refractivity contribution >= 4 is 12.0 Å². The molecule has 2 N–H and O–H groups in total. The average molecular weight is 173 g/mol. The van der Waals surface area contributed by atoms with Crippen LogP contribution >= 0.6 is 0 Å². The first-order valence-electron chi connectivity index (χ1n) is 3.97. The van der Waals surface area contributed by atoms with Gasteiger partial charge in [0.25, 0.3) is 0 Å². The molecule has 0 amide bonds. The zero-order chi connectivity index (χ0) is 9.84. The summed E-state index contributed by atoms with van der Waals surface area (Å²) in [5.41, 5.74) is 9.25. The highest BCUT2D eigenvalue weighted by Gasteiger charge is 1.99. The van der Waals surface area contributed by atoms with Crippen LogP contribution < -0.4 is 5.73 Å². The second-order valence-corrected chi connectivity index (χ2v) is 2.93. The van der Waals surface area contributed by atoms with E-state index in [1.807, 2.05) is 26.0 Å². The van der Waals surface area contributed by atoms with Gasteiger partial charge in [-0.1, -0.05) is 12.0 Å². The summed E-state index contributed by atoms with van der Waals surface area (Å²) in [4.78, 5) is 10.0. The molecule has 1 rings (SSSR count). The molecule has 0 saturated carbocycles. The van der Waals surface area contributed by atoms with Gasteiger partial charge in [-0.25, -0.2) is 0 Å². The molecule has 0 spiro atoms. The first-order chi connectivity index (χ1) is 6.15. The van der Waals surface area contributed by atoms with Crippen LogP contribution in [0.15, 0.2) is 12.1 Å². The third-order valence-corrected chi connectivity index (χ3v) is 1.80. The molecule has 1 aromatic rings. The van der Waals surface area contributed by atoms with Crippen LogP contribution in [0.3, 0.4) is 0 Å². The predicted octanol–water partition coefficient (Wildman–Crippen LogP) is 1.44. The van der Waals surface area contributed by atoms with Crippen molar-refractivity contribution < 1.29 is 4.79 Å².